The lowest BCUT2D eigenvalue weighted by molar-refractivity contribution is -0.143. The minimum atomic E-state index is -0.271. The highest BCUT2D eigenvalue weighted by molar-refractivity contribution is 5.86. The zero-order chi connectivity index (χ0) is 14.5. The molecule has 0 aliphatic heterocycles. The van der Waals surface area contributed by atoms with Gasteiger partial charge in [0.15, 0.2) is 0 Å². The number of carbonyl (C=O) groups excluding carboxylic acids is 1. The van der Waals surface area contributed by atoms with Gasteiger partial charge in [-0.3, -0.25) is 4.79 Å². The molecule has 0 aliphatic carbocycles. The molecule has 3 heteroatoms. The second-order valence-electron chi connectivity index (χ2n) is 4.65. The Kier molecular flexibility index (Phi) is 4.41. The Morgan fingerprint density at radius 3 is 2.55 bits per heavy atom. The zero-order valence-electron chi connectivity index (χ0n) is 11.9. The number of methoxy groups -OCH3 is 1. The maximum atomic E-state index is 10.8. The number of hydrogen-bond donors (Lipinski definition) is 0. The van der Waals surface area contributed by atoms with Gasteiger partial charge in [0.25, 0.3) is 0 Å². The lowest BCUT2D eigenvalue weighted by Gasteiger charge is -2.06. The Bertz CT molecular complexity index is 644. The van der Waals surface area contributed by atoms with Gasteiger partial charge in [0.1, 0.15) is 11.9 Å². The van der Waals surface area contributed by atoms with E-state index in [1.807, 2.05) is 49.4 Å². The summed E-state index contributed by atoms with van der Waals surface area (Å²) >= 11 is 0. The highest BCUT2D eigenvalue weighted by Gasteiger charge is 2.01. The number of benzene rings is 2. The first kappa shape index (κ1) is 14.1. The number of ether oxygens (including phenoxy) is 2. The maximum absolute atomic E-state index is 10.8. The first-order valence-electron chi connectivity index (χ1n) is 6.52. The second kappa shape index (κ2) is 6.24. The first-order chi connectivity index (χ1) is 9.58. The van der Waals surface area contributed by atoms with Crippen molar-refractivity contribution in [3.8, 4) is 5.75 Å². The summed E-state index contributed by atoms with van der Waals surface area (Å²) in [4.78, 5) is 10.8. The topological polar surface area (TPSA) is 35.5 Å². The van der Waals surface area contributed by atoms with Gasteiger partial charge in [0.05, 0.1) is 7.11 Å². The van der Waals surface area contributed by atoms with Crippen LogP contribution in [0.4, 0.5) is 0 Å². The van der Waals surface area contributed by atoms with Gasteiger partial charge < -0.3 is 9.47 Å². The Morgan fingerprint density at radius 2 is 1.85 bits per heavy atom. The molecule has 1 unspecified atom stereocenters. The van der Waals surface area contributed by atoms with Crippen molar-refractivity contribution < 1.29 is 14.3 Å². The molecule has 2 aromatic rings. The summed E-state index contributed by atoms with van der Waals surface area (Å²) in [6.45, 7) is 3.25. The summed E-state index contributed by atoms with van der Waals surface area (Å²) in [6, 6.07) is 12.1. The van der Waals surface area contributed by atoms with E-state index in [0.29, 0.717) is 0 Å². The number of hydrogen-bond acceptors (Lipinski definition) is 3. The summed E-state index contributed by atoms with van der Waals surface area (Å²) in [5.74, 6) is 0.581. The van der Waals surface area contributed by atoms with Gasteiger partial charge in [-0.15, -0.1) is 0 Å². The number of rotatable bonds is 4. The van der Waals surface area contributed by atoms with E-state index < -0.39 is 0 Å². The fraction of sp³-hybridized carbons (Fsp3) is 0.235. The van der Waals surface area contributed by atoms with Crippen LogP contribution in [0.25, 0.3) is 16.8 Å². The molecule has 0 spiro atoms. The van der Waals surface area contributed by atoms with E-state index in [9.17, 15) is 4.79 Å². The average molecular weight is 270 g/mol. The van der Waals surface area contributed by atoms with Crippen molar-refractivity contribution in [2.45, 2.75) is 20.0 Å². The average Bonchev–Trinajstić information content (AvgIpc) is 2.43. The van der Waals surface area contributed by atoms with Crippen molar-refractivity contribution in [1.82, 2.24) is 0 Å². The summed E-state index contributed by atoms with van der Waals surface area (Å²) in [6.07, 6.45) is 3.60. The van der Waals surface area contributed by atoms with Gasteiger partial charge in [-0.2, -0.15) is 0 Å². The molecule has 2 rings (SSSR count). The van der Waals surface area contributed by atoms with Crippen molar-refractivity contribution in [2.75, 3.05) is 7.11 Å². The Labute approximate surface area is 118 Å². The van der Waals surface area contributed by atoms with E-state index in [4.69, 9.17) is 9.47 Å². The quantitative estimate of drug-likeness (QED) is 0.792. The largest absolute Gasteiger partial charge is 0.497 e. The molecule has 3 nitrogen and oxygen atoms in total. The normalized spacial score (nSPS) is 12.6. The Hall–Kier alpha value is -2.29. The van der Waals surface area contributed by atoms with Gasteiger partial charge in [-0.1, -0.05) is 24.3 Å². The van der Waals surface area contributed by atoms with Crippen molar-refractivity contribution in [1.29, 1.82) is 0 Å². The minimum absolute atomic E-state index is 0.223. The zero-order valence-corrected chi connectivity index (χ0v) is 11.9. The maximum Gasteiger partial charge on any atom is 0.303 e. The molecule has 0 saturated carbocycles. The van der Waals surface area contributed by atoms with Crippen molar-refractivity contribution in [2.24, 2.45) is 0 Å². The fourth-order valence-corrected chi connectivity index (χ4v) is 2.02. The standard InChI is InChI=1S/C17H18O3/c1-12(20-13(2)18)4-5-14-6-7-16-11-17(19-3)9-8-15(16)10-14/h4-12H,1-3H3/b5-4+. The van der Waals surface area contributed by atoms with Gasteiger partial charge in [-0.05, 0) is 47.5 Å². The predicted octanol–water partition coefficient (Wildman–Crippen LogP) is 3.81. The molecule has 0 aliphatic rings. The number of fused-ring (bicyclic) bond motifs is 1. The molecule has 0 saturated heterocycles. The van der Waals surface area contributed by atoms with E-state index >= 15 is 0 Å². The molecular weight excluding hydrogens is 252 g/mol. The molecule has 0 bridgehead atoms. The lowest BCUT2D eigenvalue weighted by atomic mass is 10.1. The molecule has 1 atom stereocenters. The predicted molar refractivity (Wildman–Crippen MR) is 80.8 cm³/mol. The third-order valence-electron chi connectivity index (χ3n) is 2.98. The fourth-order valence-electron chi connectivity index (χ4n) is 2.02. The molecule has 0 aromatic heterocycles. The highest BCUT2D eigenvalue weighted by atomic mass is 16.5. The van der Waals surface area contributed by atoms with Crippen molar-refractivity contribution in [3.63, 3.8) is 0 Å². The van der Waals surface area contributed by atoms with Gasteiger partial charge >= 0.3 is 5.97 Å². The van der Waals surface area contributed by atoms with Crippen LogP contribution in [0.15, 0.2) is 42.5 Å². The van der Waals surface area contributed by atoms with E-state index in [-0.39, 0.29) is 12.1 Å². The monoisotopic (exact) mass is 270 g/mol. The van der Waals surface area contributed by atoms with E-state index in [1.54, 1.807) is 7.11 Å². The smallest absolute Gasteiger partial charge is 0.303 e. The van der Waals surface area contributed by atoms with E-state index in [1.165, 1.54) is 6.92 Å². The Morgan fingerprint density at radius 1 is 1.15 bits per heavy atom. The summed E-state index contributed by atoms with van der Waals surface area (Å²) in [5, 5.41) is 2.28. The molecule has 104 valence electrons. The van der Waals surface area contributed by atoms with E-state index in [0.717, 1.165) is 22.1 Å². The second-order valence-corrected chi connectivity index (χ2v) is 4.65. The third-order valence-corrected chi connectivity index (χ3v) is 2.98. The number of carbonyl (C=O) groups is 1. The van der Waals surface area contributed by atoms with Gasteiger partial charge in [0, 0.05) is 6.92 Å². The van der Waals surface area contributed by atoms with Crippen LogP contribution in [0.2, 0.25) is 0 Å². The van der Waals surface area contributed by atoms with Crippen molar-refractivity contribution >= 4 is 22.8 Å². The third kappa shape index (κ3) is 3.60. The minimum Gasteiger partial charge on any atom is -0.497 e. The Balaban J connectivity index is 2.19. The van der Waals surface area contributed by atoms with Crippen LogP contribution in [0.1, 0.15) is 19.4 Å². The van der Waals surface area contributed by atoms with Crippen LogP contribution in [-0.4, -0.2) is 19.2 Å². The van der Waals surface area contributed by atoms with Crippen LogP contribution in [0.3, 0.4) is 0 Å². The summed E-state index contributed by atoms with van der Waals surface area (Å²) in [7, 11) is 1.66. The molecule has 0 N–H and O–H groups in total. The van der Waals surface area contributed by atoms with Crippen LogP contribution < -0.4 is 4.74 Å². The van der Waals surface area contributed by atoms with E-state index in [2.05, 4.69) is 6.07 Å². The first-order valence-corrected chi connectivity index (χ1v) is 6.52. The molecule has 0 radical (unpaired) electrons. The SMILES string of the molecule is COc1ccc2cc(/C=C/C(C)OC(C)=O)ccc2c1. The molecule has 0 amide bonds. The van der Waals surface area contributed by atoms with Crippen LogP contribution in [-0.2, 0) is 9.53 Å². The number of esters is 1. The molecule has 0 fully saturated rings. The summed E-state index contributed by atoms with van der Waals surface area (Å²) < 4.78 is 10.3. The molecular formula is C17H18O3. The van der Waals surface area contributed by atoms with Gasteiger partial charge in [-0.25, -0.2) is 0 Å². The lowest BCUT2D eigenvalue weighted by Crippen LogP contribution is -2.08. The molecule has 20 heavy (non-hydrogen) atoms. The molecule has 0 heterocycles. The molecule has 2 aromatic carbocycles. The van der Waals surface area contributed by atoms with Crippen LogP contribution in [0, 0.1) is 0 Å². The van der Waals surface area contributed by atoms with Crippen LogP contribution >= 0.6 is 0 Å². The highest BCUT2D eigenvalue weighted by Crippen LogP contribution is 2.22. The van der Waals surface area contributed by atoms with Gasteiger partial charge in [0.2, 0.25) is 0 Å². The summed E-state index contributed by atoms with van der Waals surface area (Å²) in [5.41, 5.74) is 1.07. The van der Waals surface area contributed by atoms with Crippen molar-refractivity contribution in [3.05, 3.63) is 48.0 Å². The van der Waals surface area contributed by atoms with Crippen LogP contribution in [0.5, 0.6) is 5.75 Å².